The SMILES string of the molecule is C=C[C@H](C)[C@H]1OCC=C1CCCCCl. The van der Waals surface area contributed by atoms with Crippen LogP contribution in [-0.2, 0) is 4.74 Å². The van der Waals surface area contributed by atoms with E-state index in [0.717, 1.165) is 25.3 Å². The van der Waals surface area contributed by atoms with Crippen LogP contribution in [0.2, 0.25) is 0 Å². The Hall–Kier alpha value is -0.270. The van der Waals surface area contributed by atoms with E-state index in [-0.39, 0.29) is 6.10 Å². The summed E-state index contributed by atoms with van der Waals surface area (Å²) in [5.41, 5.74) is 1.43. The Balaban J connectivity index is 2.38. The molecule has 1 heterocycles. The van der Waals surface area contributed by atoms with E-state index in [9.17, 15) is 0 Å². The van der Waals surface area contributed by atoms with Gasteiger partial charge in [-0.15, -0.1) is 18.2 Å². The molecule has 0 aromatic rings. The Kier molecular flexibility index (Phi) is 5.28. The van der Waals surface area contributed by atoms with Gasteiger partial charge in [0.15, 0.2) is 0 Å². The topological polar surface area (TPSA) is 9.23 Å². The van der Waals surface area contributed by atoms with E-state index in [1.165, 1.54) is 12.0 Å². The molecule has 0 saturated carbocycles. The Morgan fingerprint density at radius 2 is 2.50 bits per heavy atom. The van der Waals surface area contributed by atoms with E-state index in [0.29, 0.717) is 5.92 Å². The molecule has 0 saturated heterocycles. The zero-order valence-electron chi connectivity index (χ0n) is 8.84. The summed E-state index contributed by atoms with van der Waals surface area (Å²) in [6.45, 7) is 6.72. The number of hydrogen-bond acceptors (Lipinski definition) is 1. The highest BCUT2D eigenvalue weighted by atomic mass is 35.5. The fourth-order valence-electron chi connectivity index (χ4n) is 1.76. The molecule has 1 aliphatic rings. The molecule has 0 bridgehead atoms. The third-order valence-corrected chi connectivity index (χ3v) is 2.95. The number of rotatable bonds is 6. The molecule has 0 aromatic carbocycles. The van der Waals surface area contributed by atoms with Gasteiger partial charge >= 0.3 is 0 Å². The van der Waals surface area contributed by atoms with Crippen molar-refractivity contribution < 1.29 is 4.74 Å². The number of ether oxygens (including phenoxy) is 1. The normalized spacial score (nSPS) is 23.3. The first kappa shape index (κ1) is 11.8. The van der Waals surface area contributed by atoms with E-state index in [1.54, 1.807) is 0 Å². The lowest BCUT2D eigenvalue weighted by atomic mass is 9.95. The van der Waals surface area contributed by atoms with Gasteiger partial charge in [0, 0.05) is 11.8 Å². The second kappa shape index (κ2) is 6.26. The third-order valence-electron chi connectivity index (χ3n) is 2.69. The van der Waals surface area contributed by atoms with Gasteiger partial charge in [-0.05, 0) is 24.8 Å². The molecule has 0 spiro atoms. The zero-order valence-corrected chi connectivity index (χ0v) is 9.59. The summed E-state index contributed by atoms with van der Waals surface area (Å²) < 4.78 is 5.65. The minimum absolute atomic E-state index is 0.267. The Morgan fingerprint density at radius 1 is 1.71 bits per heavy atom. The largest absolute Gasteiger partial charge is 0.369 e. The summed E-state index contributed by atoms with van der Waals surface area (Å²) in [6.07, 6.45) is 7.82. The van der Waals surface area contributed by atoms with Crippen LogP contribution in [0.3, 0.4) is 0 Å². The van der Waals surface area contributed by atoms with Crippen molar-refractivity contribution in [3.8, 4) is 0 Å². The van der Waals surface area contributed by atoms with Crippen LogP contribution >= 0.6 is 11.6 Å². The highest BCUT2D eigenvalue weighted by Crippen LogP contribution is 2.26. The van der Waals surface area contributed by atoms with E-state index in [2.05, 4.69) is 19.6 Å². The lowest BCUT2D eigenvalue weighted by molar-refractivity contribution is 0.0939. The van der Waals surface area contributed by atoms with Crippen LogP contribution in [0.4, 0.5) is 0 Å². The summed E-state index contributed by atoms with van der Waals surface area (Å²) in [7, 11) is 0. The molecule has 80 valence electrons. The van der Waals surface area contributed by atoms with Crippen molar-refractivity contribution in [2.24, 2.45) is 5.92 Å². The third kappa shape index (κ3) is 3.14. The summed E-state index contributed by atoms with van der Waals surface area (Å²) in [6, 6.07) is 0. The molecule has 1 aliphatic heterocycles. The maximum absolute atomic E-state index is 5.65. The molecule has 14 heavy (non-hydrogen) atoms. The minimum Gasteiger partial charge on any atom is -0.369 e. The van der Waals surface area contributed by atoms with Gasteiger partial charge in [-0.1, -0.05) is 19.1 Å². The molecular formula is C12H19ClO. The van der Waals surface area contributed by atoms with Gasteiger partial charge in [0.05, 0.1) is 12.7 Å². The maximum atomic E-state index is 5.65. The van der Waals surface area contributed by atoms with Crippen molar-refractivity contribution in [1.82, 2.24) is 0 Å². The fraction of sp³-hybridized carbons (Fsp3) is 0.667. The Bertz CT molecular complexity index is 210. The first-order valence-electron chi connectivity index (χ1n) is 5.28. The molecule has 1 rings (SSSR count). The smallest absolute Gasteiger partial charge is 0.0849 e. The van der Waals surface area contributed by atoms with Crippen LogP contribution in [0.1, 0.15) is 26.2 Å². The molecule has 0 radical (unpaired) electrons. The van der Waals surface area contributed by atoms with Crippen molar-refractivity contribution in [3.63, 3.8) is 0 Å². The quantitative estimate of drug-likeness (QED) is 0.373. The van der Waals surface area contributed by atoms with E-state index in [4.69, 9.17) is 16.3 Å². The van der Waals surface area contributed by atoms with E-state index in [1.807, 2.05) is 6.08 Å². The first-order chi connectivity index (χ1) is 6.79. The lowest BCUT2D eigenvalue weighted by Gasteiger charge is -2.19. The van der Waals surface area contributed by atoms with Crippen LogP contribution in [0.5, 0.6) is 0 Å². The van der Waals surface area contributed by atoms with Crippen LogP contribution in [-0.4, -0.2) is 18.6 Å². The number of halogens is 1. The molecule has 0 fully saturated rings. The van der Waals surface area contributed by atoms with Gasteiger partial charge < -0.3 is 4.74 Å². The maximum Gasteiger partial charge on any atom is 0.0849 e. The zero-order chi connectivity index (χ0) is 10.4. The Labute approximate surface area is 91.8 Å². The van der Waals surface area contributed by atoms with Crippen LogP contribution < -0.4 is 0 Å². The Morgan fingerprint density at radius 3 is 3.14 bits per heavy atom. The fourth-order valence-corrected chi connectivity index (χ4v) is 1.95. The average molecular weight is 215 g/mol. The number of unbranched alkanes of at least 4 members (excludes halogenated alkanes) is 1. The second-order valence-electron chi connectivity index (χ2n) is 3.77. The summed E-state index contributed by atoms with van der Waals surface area (Å²) in [5, 5.41) is 0. The van der Waals surface area contributed by atoms with Crippen molar-refractivity contribution in [2.75, 3.05) is 12.5 Å². The van der Waals surface area contributed by atoms with Gasteiger partial charge in [-0.25, -0.2) is 0 Å². The van der Waals surface area contributed by atoms with Crippen molar-refractivity contribution in [2.45, 2.75) is 32.3 Å². The monoisotopic (exact) mass is 214 g/mol. The van der Waals surface area contributed by atoms with Crippen LogP contribution in [0.25, 0.3) is 0 Å². The lowest BCUT2D eigenvalue weighted by Crippen LogP contribution is -2.18. The molecule has 0 amide bonds. The molecule has 1 nitrogen and oxygen atoms in total. The van der Waals surface area contributed by atoms with Gasteiger partial charge in [-0.2, -0.15) is 0 Å². The summed E-state index contributed by atoms with van der Waals surface area (Å²) in [5.74, 6) is 1.18. The van der Waals surface area contributed by atoms with Crippen molar-refractivity contribution in [1.29, 1.82) is 0 Å². The molecule has 2 heteroatoms. The van der Waals surface area contributed by atoms with Crippen molar-refractivity contribution in [3.05, 3.63) is 24.3 Å². The highest BCUT2D eigenvalue weighted by molar-refractivity contribution is 6.17. The standard InChI is InChI=1S/C12H19ClO/c1-3-10(2)12-11(7-9-14-12)6-4-5-8-13/h3,7,10,12H,1,4-6,8-9H2,2H3/t10-,12+/m0/s1. The molecule has 2 atom stereocenters. The van der Waals surface area contributed by atoms with Crippen molar-refractivity contribution >= 4 is 11.6 Å². The molecular weight excluding hydrogens is 196 g/mol. The van der Waals surface area contributed by atoms with Crippen LogP contribution in [0, 0.1) is 5.92 Å². The van der Waals surface area contributed by atoms with E-state index < -0.39 is 0 Å². The minimum atomic E-state index is 0.267. The predicted octanol–water partition coefficient (Wildman–Crippen LogP) is 3.54. The van der Waals surface area contributed by atoms with E-state index >= 15 is 0 Å². The first-order valence-corrected chi connectivity index (χ1v) is 5.82. The molecule has 0 aromatic heterocycles. The second-order valence-corrected chi connectivity index (χ2v) is 4.15. The van der Waals surface area contributed by atoms with Gasteiger partial charge in [0.1, 0.15) is 0 Å². The van der Waals surface area contributed by atoms with Crippen LogP contribution in [0.15, 0.2) is 24.3 Å². The van der Waals surface area contributed by atoms with Gasteiger partial charge in [0.25, 0.3) is 0 Å². The molecule has 0 N–H and O–H groups in total. The molecule has 0 aliphatic carbocycles. The number of alkyl halides is 1. The number of hydrogen-bond donors (Lipinski definition) is 0. The van der Waals surface area contributed by atoms with Gasteiger partial charge in [0.2, 0.25) is 0 Å². The summed E-state index contributed by atoms with van der Waals surface area (Å²) in [4.78, 5) is 0. The average Bonchev–Trinajstić information content (AvgIpc) is 2.65. The highest BCUT2D eigenvalue weighted by Gasteiger charge is 2.23. The predicted molar refractivity (Wildman–Crippen MR) is 61.8 cm³/mol. The van der Waals surface area contributed by atoms with Gasteiger partial charge in [-0.3, -0.25) is 0 Å². The summed E-state index contributed by atoms with van der Waals surface area (Å²) >= 11 is 5.65. The molecule has 0 unspecified atom stereocenters.